The molecule has 4 nitrogen and oxygen atoms in total. The summed E-state index contributed by atoms with van der Waals surface area (Å²) in [7, 11) is 0. The minimum absolute atomic E-state index is 0. The van der Waals surface area contributed by atoms with Crippen molar-refractivity contribution < 1.29 is 9.53 Å². The van der Waals surface area contributed by atoms with Crippen LogP contribution in [0.5, 0.6) is 0 Å². The monoisotopic (exact) mass is 414 g/mol. The number of nitrogens with zero attached hydrogens (tertiary/aromatic N) is 2. The van der Waals surface area contributed by atoms with Crippen molar-refractivity contribution in [3.8, 4) is 0 Å². The molecule has 2 aliphatic rings. The average molecular weight is 415 g/mol. The van der Waals surface area contributed by atoms with Crippen LogP contribution in [0.3, 0.4) is 0 Å². The Morgan fingerprint density at radius 3 is 2.63 bits per heavy atom. The van der Waals surface area contributed by atoms with Crippen molar-refractivity contribution in [3.05, 3.63) is 34.9 Å². The molecule has 0 spiro atoms. The number of likely N-dealkylation sites (tertiary alicyclic amines) is 1. The Morgan fingerprint density at radius 2 is 1.96 bits per heavy atom. The molecule has 0 unspecified atom stereocenters. The molecule has 27 heavy (non-hydrogen) atoms. The number of carbonyl (C=O) groups excluding carboxylic acids is 1. The van der Waals surface area contributed by atoms with Gasteiger partial charge in [0.25, 0.3) is 0 Å². The molecule has 1 aromatic rings. The number of hydrogen-bond donors (Lipinski definition) is 0. The highest BCUT2D eigenvalue weighted by molar-refractivity contribution is 6.30. The number of benzene rings is 1. The molecule has 2 saturated heterocycles. The third-order valence-electron chi connectivity index (χ3n) is 5.65. The van der Waals surface area contributed by atoms with Crippen molar-refractivity contribution in [2.75, 3.05) is 26.2 Å². The molecule has 1 aromatic carbocycles. The molecule has 2 heterocycles. The van der Waals surface area contributed by atoms with Crippen LogP contribution in [0.4, 0.5) is 0 Å². The Hall–Kier alpha value is -0.810. The van der Waals surface area contributed by atoms with Crippen molar-refractivity contribution in [2.45, 2.75) is 64.1 Å². The molecule has 6 heteroatoms. The number of carbonyl (C=O) groups is 1. The van der Waals surface area contributed by atoms with Gasteiger partial charge < -0.3 is 14.5 Å². The van der Waals surface area contributed by atoms with Crippen LogP contribution in [0, 0.1) is 0 Å². The summed E-state index contributed by atoms with van der Waals surface area (Å²) in [6.07, 6.45) is 4.27. The van der Waals surface area contributed by atoms with Crippen LogP contribution < -0.4 is 0 Å². The molecule has 0 aliphatic carbocycles. The zero-order chi connectivity index (χ0) is 18.7. The summed E-state index contributed by atoms with van der Waals surface area (Å²) in [6.45, 7) is 9.92. The second-order valence-electron chi connectivity index (χ2n) is 8.26. The summed E-state index contributed by atoms with van der Waals surface area (Å²) < 4.78 is 6.16. The highest BCUT2D eigenvalue weighted by atomic mass is 35.5. The maximum Gasteiger partial charge on any atom is 0.224 e. The lowest BCUT2D eigenvalue weighted by molar-refractivity contribution is -0.167. The first-order valence-corrected chi connectivity index (χ1v) is 10.2. The summed E-state index contributed by atoms with van der Waals surface area (Å²) in [6, 6.07) is 7.75. The number of ether oxygens (including phenoxy) is 1. The van der Waals surface area contributed by atoms with Crippen LogP contribution in [0.15, 0.2) is 24.3 Å². The molecule has 2 fully saturated rings. The fourth-order valence-electron chi connectivity index (χ4n) is 4.37. The van der Waals surface area contributed by atoms with Crippen LogP contribution in [0.2, 0.25) is 5.02 Å². The molecule has 2 atom stereocenters. The van der Waals surface area contributed by atoms with Gasteiger partial charge in [-0.05, 0) is 64.4 Å². The summed E-state index contributed by atoms with van der Waals surface area (Å²) in [5.41, 5.74) is 0.738. The topological polar surface area (TPSA) is 32.8 Å². The van der Waals surface area contributed by atoms with Crippen molar-refractivity contribution >= 4 is 29.9 Å². The smallest absolute Gasteiger partial charge is 0.224 e. The Balaban J connectivity index is 0.00000261. The first kappa shape index (κ1) is 22.5. The Labute approximate surface area is 174 Å². The minimum Gasteiger partial charge on any atom is -0.369 e. The lowest BCUT2D eigenvalue weighted by Gasteiger charge is -2.50. The van der Waals surface area contributed by atoms with Crippen molar-refractivity contribution in [1.29, 1.82) is 0 Å². The van der Waals surface area contributed by atoms with Crippen LogP contribution >= 0.6 is 24.0 Å². The number of piperidine rings is 1. The lowest BCUT2D eigenvalue weighted by atomic mass is 9.92. The van der Waals surface area contributed by atoms with Crippen molar-refractivity contribution in [1.82, 2.24) is 9.80 Å². The summed E-state index contributed by atoms with van der Waals surface area (Å²) in [5.74, 6) is 0.225. The number of hydrogen-bond acceptors (Lipinski definition) is 3. The van der Waals surface area contributed by atoms with E-state index in [0.29, 0.717) is 18.1 Å². The van der Waals surface area contributed by atoms with Gasteiger partial charge in [0, 0.05) is 18.0 Å². The fraction of sp³-hybridized carbons (Fsp3) is 0.667. The number of halogens is 2. The van der Waals surface area contributed by atoms with E-state index < -0.39 is 0 Å². The zero-order valence-electron chi connectivity index (χ0n) is 16.6. The molecule has 0 saturated carbocycles. The lowest BCUT2D eigenvalue weighted by Crippen LogP contribution is -2.60. The van der Waals surface area contributed by atoms with Gasteiger partial charge in [-0.25, -0.2) is 0 Å². The first-order chi connectivity index (χ1) is 12.4. The minimum atomic E-state index is -0.298. The van der Waals surface area contributed by atoms with Crippen LogP contribution in [0.25, 0.3) is 0 Å². The van der Waals surface area contributed by atoms with E-state index in [1.165, 1.54) is 19.3 Å². The van der Waals surface area contributed by atoms with Crippen molar-refractivity contribution in [2.24, 2.45) is 0 Å². The molecular weight excluding hydrogens is 383 g/mol. The molecule has 2 aliphatic heterocycles. The maximum atomic E-state index is 13.1. The third-order valence-corrected chi connectivity index (χ3v) is 5.89. The van der Waals surface area contributed by atoms with E-state index in [9.17, 15) is 4.79 Å². The Kier molecular flexibility index (Phi) is 7.99. The van der Waals surface area contributed by atoms with Gasteiger partial charge in [-0.3, -0.25) is 4.79 Å². The van der Waals surface area contributed by atoms with E-state index in [1.54, 1.807) is 0 Å². The van der Waals surface area contributed by atoms with Gasteiger partial charge in [-0.2, -0.15) is 0 Å². The highest BCUT2D eigenvalue weighted by Gasteiger charge is 2.43. The van der Waals surface area contributed by atoms with Gasteiger partial charge >= 0.3 is 0 Å². The molecule has 1 amide bonds. The van der Waals surface area contributed by atoms with Gasteiger partial charge in [0.05, 0.1) is 18.2 Å². The largest absolute Gasteiger partial charge is 0.369 e. The number of rotatable bonds is 4. The summed E-state index contributed by atoms with van der Waals surface area (Å²) in [4.78, 5) is 17.6. The molecular formula is C21H32Cl2N2O2. The van der Waals surface area contributed by atoms with E-state index in [4.69, 9.17) is 16.3 Å². The summed E-state index contributed by atoms with van der Waals surface area (Å²) in [5, 5.41) is 0.700. The predicted octanol–water partition coefficient (Wildman–Crippen LogP) is 4.70. The van der Waals surface area contributed by atoms with Gasteiger partial charge in [0.2, 0.25) is 5.91 Å². The van der Waals surface area contributed by atoms with E-state index in [-0.39, 0.29) is 36.0 Å². The molecule has 152 valence electrons. The quantitative estimate of drug-likeness (QED) is 0.715. The van der Waals surface area contributed by atoms with E-state index in [0.717, 1.165) is 25.2 Å². The van der Waals surface area contributed by atoms with Crippen LogP contribution in [-0.2, 0) is 9.53 Å². The van der Waals surface area contributed by atoms with Crippen molar-refractivity contribution in [3.63, 3.8) is 0 Å². The molecule has 0 aromatic heterocycles. The van der Waals surface area contributed by atoms with Crippen LogP contribution in [0.1, 0.15) is 58.1 Å². The zero-order valence-corrected chi connectivity index (χ0v) is 18.2. The average Bonchev–Trinajstić information content (AvgIpc) is 2.60. The fourth-order valence-corrected chi connectivity index (χ4v) is 4.57. The van der Waals surface area contributed by atoms with E-state index in [1.807, 2.05) is 29.2 Å². The standard InChI is InChI=1S/C21H31ClN2O2.ClH/c1-16-20(17-8-7-9-18(22)14-17)26-15-21(2,3)24(16)19(25)10-13-23-11-5-4-6-12-23;/h7-9,14,16,20H,4-6,10-13,15H2,1-3H3;1H/t16-,20+;/m0./s1. The number of morpholine rings is 1. The van der Waals surface area contributed by atoms with E-state index in [2.05, 4.69) is 25.7 Å². The third kappa shape index (κ3) is 5.38. The van der Waals surface area contributed by atoms with Gasteiger partial charge in [0.15, 0.2) is 0 Å². The second-order valence-corrected chi connectivity index (χ2v) is 8.69. The predicted molar refractivity (Wildman–Crippen MR) is 113 cm³/mol. The molecule has 0 bridgehead atoms. The normalized spacial score (nSPS) is 25.7. The van der Waals surface area contributed by atoms with Gasteiger partial charge in [-0.1, -0.05) is 30.2 Å². The summed E-state index contributed by atoms with van der Waals surface area (Å²) >= 11 is 6.16. The maximum absolute atomic E-state index is 13.1. The molecule has 3 rings (SSSR count). The van der Waals surface area contributed by atoms with Gasteiger partial charge in [-0.15, -0.1) is 12.4 Å². The van der Waals surface area contributed by atoms with E-state index >= 15 is 0 Å². The Bertz CT molecular complexity index is 632. The Morgan fingerprint density at radius 1 is 1.26 bits per heavy atom. The number of amides is 1. The van der Waals surface area contributed by atoms with Gasteiger partial charge in [0.1, 0.15) is 6.10 Å². The molecule has 0 radical (unpaired) electrons. The molecule has 0 N–H and O–H groups in total. The first-order valence-electron chi connectivity index (χ1n) is 9.80. The highest BCUT2D eigenvalue weighted by Crippen LogP contribution is 2.36. The second kappa shape index (κ2) is 9.60. The SMILES string of the molecule is C[C@H]1[C@H](c2cccc(Cl)c2)OCC(C)(C)N1C(=O)CCN1CCCCC1.Cl. The van der Waals surface area contributed by atoms with Crippen LogP contribution in [-0.4, -0.2) is 53.5 Å².